The van der Waals surface area contributed by atoms with Crippen LogP contribution in [-0.4, -0.2) is 71.8 Å². The Labute approximate surface area is 246 Å². The Bertz CT molecular complexity index is 1000. The van der Waals surface area contributed by atoms with Crippen LogP contribution in [0.25, 0.3) is 0 Å². The van der Waals surface area contributed by atoms with Crippen LogP contribution in [0.1, 0.15) is 61.8 Å². The molecule has 0 bridgehead atoms. The second-order valence-corrected chi connectivity index (χ2v) is 11.6. The molecule has 1 aliphatic rings. The third-order valence-electron chi connectivity index (χ3n) is 7.93. The summed E-state index contributed by atoms with van der Waals surface area (Å²) in [5.41, 5.74) is 1.78. The second-order valence-electron chi connectivity index (χ2n) is 11.6. The summed E-state index contributed by atoms with van der Waals surface area (Å²) in [5, 5.41) is 31.8. The van der Waals surface area contributed by atoms with E-state index >= 15 is 0 Å². The van der Waals surface area contributed by atoms with Gasteiger partial charge in [0.2, 0.25) is 5.76 Å². The molecule has 1 heterocycles. The van der Waals surface area contributed by atoms with Crippen molar-refractivity contribution in [3.63, 3.8) is 0 Å². The molecule has 0 saturated heterocycles. The maximum atomic E-state index is 13.3. The van der Waals surface area contributed by atoms with Crippen LogP contribution in [0.15, 0.2) is 59.4 Å². The highest BCUT2D eigenvalue weighted by Crippen LogP contribution is 2.27. The van der Waals surface area contributed by atoms with Crippen LogP contribution >= 0.6 is 0 Å². The van der Waals surface area contributed by atoms with E-state index < -0.39 is 48.3 Å². The molecule has 0 radical (unpaired) electrons. The number of methoxy groups -OCH3 is 2. The Morgan fingerprint density at radius 1 is 1.12 bits per heavy atom. The van der Waals surface area contributed by atoms with Gasteiger partial charge in [-0.25, -0.2) is 4.79 Å². The maximum absolute atomic E-state index is 13.3. The number of rotatable bonds is 9. The summed E-state index contributed by atoms with van der Waals surface area (Å²) in [5.74, 6) is -2.98. The Morgan fingerprint density at radius 3 is 2.32 bits per heavy atom. The average molecular weight is 577 g/mol. The fourth-order valence-electron chi connectivity index (χ4n) is 4.87. The topological polar surface area (TPSA) is 123 Å². The van der Waals surface area contributed by atoms with Gasteiger partial charge in [-0.1, -0.05) is 76.1 Å². The molecule has 0 aromatic carbocycles. The van der Waals surface area contributed by atoms with E-state index in [1.807, 2.05) is 45.9 Å². The number of hydrogen-bond acceptors (Lipinski definition) is 8. The van der Waals surface area contributed by atoms with Gasteiger partial charge in [0.25, 0.3) is 0 Å². The predicted octanol–water partition coefficient (Wildman–Crippen LogP) is 4.70. The van der Waals surface area contributed by atoms with Crippen molar-refractivity contribution in [3.05, 3.63) is 59.4 Å². The van der Waals surface area contributed by atoms with Crippen molar-refractivity contribution < 1.29 is 39.1 Å². The second kappa shape index (κ2) is 17.4. The SMILES string of the molecule is CO/C1=C\C(C)=C\C(C)C(O)C(C)C/C(C)=C/C=C/C(OC)C(C(C)C(O)C(C)C(=O)/C=C/C(C)C(C)O)OC1=O. The van der Waals surface area contributed by atoms with Crippen molar-refractivity contribution in [2.24, 2.45) is 29.6 Å². The van der Waals surface area contributed by atoms with Crippen molar-refractivity contribution in [1.29, 1.82) is 0 Å². The van der Waals surface area contributed by atoms with Crippen LogP contribution < -0.4 is 0 Å². The summed E-state index contributed by atoms with van der Waals surface area (Å²) >= 11 is 0. The normalized spacial score (nSPS) is 33.5. The standard InChI is InChI=1S/C33H52O8/c1-19-12-11-13-28(39-9)32(25(7)31(37)24(6)27(35)15-14-21(3)26(8)34)41-33(38)29(40-10)18-20(2)17-23(5)30(36)22(4)16-19/h11-15,17-18,21-26,28,30-32,34,36-37H,16H2,1-10H3/b13-11+,15-14+,19-12+,20-17+,29-18-. The van der Waals surface area contributed by atoms with E-state index in [1.54, 1.807) is 45.9 Å². The van der Waals surface area contributed by atoms with E-state index in [-0.39, 0.29) is 29.3 Å². The number of carbonyl (C=O) groups is 2. The van der Waals surface area contributed by atoms with Crippen LogP contribution in [0, 0.1) is 29.6 Å². The number of esters is 1. The molecule has 3 N–H and O–H groups in total. The molecule has 1 rings (SSSR count). The monoisotopic (exact) mass is 576 g/mol. The highest BCUT2D eigenvalue weighted by atomic mass is 16.6. The summed E-state index contributed by atoms with van der Waals surface area (Å²) in [7, 11) is 2.85. The van der Waals surface area contributed by atoms with E-state index in [4.69, 9.17) is 14.2 Å². The van der Waals surface area contributed by atoms with Crippen molar-refractivity contribution in [2.45, 2.75) is 92.3 Å². The zero-order valence-corrected chi connectivity index (χ0v) is 26.4. The van der Waals surface area contributed by atoms with E-state index in [9.17, 15) is 24.9 Å². The van der Waals surface area contributed by atoms with Gasteiger partial charge in [0.1, 0.15) is 12.2 Å². The lowest BCUT2D eigenvalue weighted by Gasteiger charge is -2.33. The van der Waals surface area contributed by atoms with Gasteiger partial charge in [0.15, 0.2) is 5.78 Å². The lowest BCUT2D eigenvalue weighted by Crippen LogP contribution is -2.45. The molecular formula is C33H52O8. The summed E-state index contributed by atoms with van der Waals surface area (Å²) in [6.07, 6.45) is 8.56. The first-order valence-electron chi connectivity index (χ1n) is 14.4. The van der Waals surface area contributed by atoms with Crippen LogP contribution in [0.2, 0.25) is 0 Å². The van der Waals surface area contributed by atoms with Gasteiger partial charge in [0.05, 0.1) is 25.4 Å². The highest BCUT2D eigenvalue weighted by molar-refractivity contribution is 5.92. The van der Waals surface area contributed by atoms with Crippen LogP contribution in [0.4, 0.5) is 0 Å². The van der Waals surface area contributed by atoms with Crippen LogP contribution in [-0.2, 0) is 23.8 Å². The van der Waals surface area contributed by atoms with Gasteiger partial charge in [-0.05, 0) is 45.3 Å². The molecule has 10 atom stereocenters. The Balaban J connectivity index is 3.49. The smallest absolute Gasteiger partial charge is 0.373 e. The summed E-state index contributed by atoms with van der Waals surface area (Å²) < 4.78 is 17.0. The van der Waals surface area contributed by atoms with E-state index in [1.165, 1.54) is 20.3 Å². The van der Waals surface area contributed by atoms with Gasteiger partial charge in [-0.3, -0.25) is 4.79 Å². The lowest BCUT2D eigenvalue weighted by molar-refractivity contribution is -0.162. The fraction of sp³-hybridized carbons (Fsp3) is 0.636. The average Bonchev–Trinajstić information content (AvgIpc) is 2.92. The fourth-order valence-corrected chi connectivity index (χ4v) is 4.87. The molecule has 0 amide bonds. The summed E-state index contributed by atoms with van der Waals surface area (Å²) in [4.78, 5) is 26.2. The Morgan fingerprint density at radius 2 is 1.76 bits per heavy atom. The number of allylic oxidation sites excluding steroid dienone is 6. The molecule has 0 aromatic heterocycles. The minimum atomic E-state index is -1.17. The first kappa shape index (κ1) is 36.5. The Kier molecular flexibility index (Phi) is 15.5. The molecule has 10 unspecified atom stereocenters. The third kappa shape index (κ3) is 11.3. The molecular weight excluding hydrogens is 524 g/mol. The predicted molar refractivity (Wildman–Crippen MR) is 161 cm³/mol. The molecule has 0 spiro atoms. The number of ether oxygens (including phenoxy) is 3. The number of ketones is 1. The number of aliphatic hydroxyl groups excluding tert-OH is 3. The summed E-state index contributed by atoms with van der Waals surface area (Å²) in [6.45, 7) is 14.5. The zero-order chi connectivity index (χ0) is 31.4. The van der Waals surface area contributed by atoms with Crippen molar-refractivity contribution in [1.82, 2.24) is 0 Å². The number of carbonyl (C=O) groups excluding carboxylic acids is 2. The van der Waals surface area contributed by atoms with Crippen LogP contribution in [0.3, 0.4) is 0 Å². The van der Waals surface area contributed by atoms with Crippen molar-refractivity contribution in [3.8, 4) is 0 Å². The van der Waals surface area contributed by atoms with Gasteiger partial charge >= 0.3 is 5.97 Å². The molecule has 41 heavy (non-hydrogen) atoms. The summed E-state index contributed by atoms with van der Waals surface area (Å²) in [6, 6.07) is 0. The van der Waals surface area contributed by atoms with Gasteiger partial charge < -0.3 is 29.5 Å². The largest absolute Gasteiger partial charge is 0.490 e. The molecule has 0 aromatic rings. The minimum Gasteiger partial charge on any atom is -0.490 e. The first-order valence-corrected chi connectivity index (χ1v) is 14.4. The molecule has 232 valence electrons. The molecule has 8 heteroatoms. The van der Waals surface area contributed by atoms with E-state index in [0.717, 1.165) is 11.1 Å². The maximum Gasteiger partial charge on any atom is 0.373 e. The van der Waals surface area contributed by atoms with E-state index in [0.29, 0.717) is 6.42 Å². The van der Waals surface area contributed by atoms with Crippen LogP contribution in [0.5, 0.6) is 0 Å². The van der Waals surface area contributed by atoms with Crippen molar-refractivity contribution in [2.75, 3.05) is 14.2 Å². The van der Waals surface area contributed by atoms with Gasteiger partial charge in [-0.2, -0.15) is 0 Å². The number of aliphatic hydroxyl groups is 3. The van der Waals surface area contributed by atoms with Gasteiger partial charge in [-0.15, -0.1) is 0 Å². The highest BCUT2D eigenvalue weighted by Gasteiger charge is 2.38. The lowest BCUT2D eigenvalue weighted by atomic mass is 9.84. The molecule has 0 fully saturated rings. The third-order valence-corrected chi connectivity index (χ3v) is 7.93. The van der Waals surface area contributed by atoms with Gasteiger partial charge in [0, 0.05) is 30.8 Å². The first-order chi connectivity index (χ1) is 19.1. The molecule has 8 nitrogen and oxygen atoms in total. The van der Waals surface area contributed by atoms with Crippen molar-refractivity contribution >= 4 is 11.8 Å². The molecule has 0 saturated carbocycles. The molecule has 1 aliphatic heterocycles. The minimum absolute atomic E-state index is 0.000220. The van der Waals surface area contributed by atoms with E-state index in [2.05, 4.69) is 0 Å². The zero-order valence-electron chi connectivity index (χ0n) is 26.4. The quantitative estimate of drug-likeness (QED) is 0.267. The molecule has 0 aliphatic carbocycles. The number of hydrogen-bond donors (Lipinski definition) is 3. The Hall–Kier alpha value is -2.52. The number of cyclic esters (lactones) is 1.